The first-order valence-corrected chi connectivity index (χ1v) is 5.57. The van der Waals surface area contributed by atoms with E-state index in [9.17, 15) is 18.0 Å². The molecule has 9 heteroatoms. The molecule has 1 heterocycles. The summed E-state index contributed by atoms with van der Waals surface area (Å²) in [5.41, 5.74) is 5.01. The van der Waals surface area contributed by atoms with Gasteiger partial charge in [0.2, 0.25) is 5.91 Å². The van der Waals surface area contributed by atoms with Crippen molar-refractivity contribution in [3.63, 3.8) is 0 Å². The first kappa shape index (κ1) is 11.9. The van der Waals surface area contributed by atoms with Gasteiger partial charge in [-0.1, -0.05) is 0 Å². The van der Waals surface area contributed by atoms with E-state index in [1.165, 1.54) is 6.92 Å². The van der Waals surface area contributed by atoms with Crippen LogP contribution >= 0.6 is 0 Å². The molecule has 0 saturated carbocycles. The van der Waals surface area contributed by atoms with E-state index >= 15 is 0 Å². The van der Waals surface area contributed by atoms with Gasteiger partial charge in [-0.15, -0.1) is 0 Å². The van der Waals surface area contributed by atoms with Crippen molar-refractivity contribution in [3.05, 3.63) is 0 Å². The van der Waals surface area contributed by atoms with E-state index in [1.54, 1.807) is 4.72 Å². The van der Waals surface area contributed by atoms with Gasteiger partial charge in [-0.05, 0) is 6.92 Å². The smallest absolute Gasteiger partial charge is 0.325 e. The molecule has 1 aliphatic rings. The number of esters is 1. The highest BCUT2D eigenvalue weighted by molar-refractivity contribution is 7.87. The molecular formula is C6H11N3O5S. The fourth-order valence-electron chi connectivity index (χ4n) is 1.44. The van der Waals surface area contributed by atoms with Gasteiger partial charge in [0.1, 0.15) is 18.1 Å². The van der Waals surface area contributed by atoms with Gasteiger partial charge in [-0.25, -0.2) is 5.14 Å². The molecule has 0 unspecified atom stereocenters. The van der Waals surface area contributed by atoms with E-state index in [0.29, 0.717) is 0 Å². The third kappa shape index (κ3) is 2.64. The second-order valence-corrected chi connectivity index (χ2v) is 4.54. The molecule has 8 nitrogen and oxygen atoms in total. The van der Waals surface area contributed by atoms with Crippen molar-refractivity contribution in [2.24, 2.45) is 16.8 Å². The van der Waals surface area contributed by atoms with Crippen molar-refractivity contribution < 1.29 is 22.7 Å². The quantitative estimate of drug-likeness (QED) is 0.454. The Labute approximate surface area is 86.1 Å². The Balaban J connectivity index is 2.94. The third-order valence-corrected chi connectivity index (χ3v) is 2.62. The molecule has 86 valence electrons. The lowest BCUT2D eigenvalue weighted by Gasteiger charge is -2.14. The number of primary amides is 1. The number of hydrogen-bond donors (Lipinski definition) is 3. The molecule has 0 spiro atoms. The van der Waals surface area contributed by atoms with Crippen molar-refractivity contribution >= 4 is 22.1 Å². The van der Waals surface area contributed by atoms with Gasteiger partial charge in [-0.2, -0.15) is 13.1 Å². The lowest BCUT2D eigenvalue weighted by atomic mass is 9.98. The monoisotopic (exact) mass is 237 g/mol. The Morgan fingerprint density at radius 3 is 2.47 bits per heavy atom. The van der Waals surface area contributed by atoms with E-state index in [1.807, 2.05) is 0 Å². The van der Waals surface area contributed by atoms with Crippen LogP contribution in [-0.4, -0.2) is 32.4 Å². The molecule has 0 aromatic carbocycles. The molecule has 0 bridgehead atoms. The molecule has 15 heavy (non-hydrogen) atoms. The van der Waals surface area contributed by atoms with Crippen LogP contribution in [0.15, 0.2) is 0 Å². The van der Waals surface area contributed by atoms with Crippen molar-refractivity contribution in [1.29, 1.82) is 0 Å². The molecule has 0 aliphatic carbocycles. The highest BCUT2D eigenvalue weighted by Crippen LogP contribution is 2.22. The van der Waals surface area contributed by atoms with Gasteiger partial charge < -0.3 is 10.5 Å². The van der Waals surface area contributed by atoms with Gasteiger partial charge in [0, 0.05) is 0 Å². The maximum absolute atomic E-state index is 11.2. The van der Waals surface area contributed by atoms with Gasteiger partial charge in [0.25, 0.3) is 10.2 Å². The van der Waals surface area contributed by atoms with E-state index in [-0.39, 0.29) is 0 Å². The Morgan fingerprint density at radius 1 is 1.53 bits per heavy atom. The standard InChI is InChI=1S/C6H11N3O5S/c1-2-3(5(7)10)4(6(11)14-2)9-15(8,12)13/h2-4,9H,1H3,(H2,7,10)(H2,8,12,13)/t2-,3-,4-/m0/s1. The number of hydrogen-bond acceptors (Lipinski definition) is 5. The second-order valence-electron chi connectivity index (χ2n) is 3.21. The highest BCUT2D eigenvalue weighted by atomic mass is 32.2. The predicted octanol–water partition coefficient (Wildman–Crippen LogP) is -2.81. The molecule has 3 atom stereocenters. The van der Waals surface area contributed by atoms with Crippen LogP contribution in [0.3, 0.4) is 0 Å². The van der Waals surface area contributed by atoms with E-state index in [4.69, 9.17) is 5.73 Å². The maximum atomic E-state index is 11.2. The summed E-state index contributed by atoms with van der Waals surface area (Å²) in [5, 5.41) is 4.69. The van der Waals surface area contributed by atoms with Crippen LogP contribution in [0.1, 0.15) is 6.92 Å². The molecule has 1 fully saturated rings. The van der Waals surface area contributed by atoms with Crippen LogP contribution in [-0.2, 0) is 24.5 Å². The zero-order chi connectivity index (χ0) is 11.8. The van der Waals surface area contributed by atoms with Gasteiger partial charge in [-0.3, -0.25) is 9.59 Å². The zero-order valence-electron chi connectivity index (χ0n) is 7.84. The SMILES string of the molecule is C[C@@H]1OC(=O)[C@@H](NS(N)(=O)=O)[C@H]1C(N)=O. The number of amides is 1. The molecule has 1 rings (SSSR count). The summed E-state index contributed by atoms with van der Waals surface area (Å²) in [7, 11) is -4.09. The lowest BCUT2D eigenvalue weighted by molar-refractivity contribution is -0.142. The average Bonchev–Trinajstić information content (AvgIpc) is 2.23. The zero-order valence-corrected chi connectivity index (χ0v) is 8.65. The van der Waals surface area contributed by atoms with Crippen molar-refractivity contribution in [3.8, 4) is 0 Å². The number of nitrogens with two attached hydrogens (primary N) is 2. The molecule has 0 aromatic rings. The normalized spacial score (nSPS) is 31.3. The van der Waals surface area contributed by atoms with Gasteiger partial charge in [0.15, 0.2) is 0 Å². The second kappa shape index (κ2) is 3.76. The minimum absolute atomic E-state index is 0.769. The molecule has 0 radical (unpaired) electrons. The first-order valence-electron chi connectivity index (χ1n) is 4.02. The summed E-state index contributed by atoms with van der Waals surface area (Å²) in [6.45, 7) is 1.44. The largest absolute Gasteiger partial charge is 0.461 e. The van der Waals surface area contributed by atoms with Crippen LogP contribution < -0.4 is 15.6 Å². The summed E-state index contributed by atoms with van der Waals surface area (Å²) < 4.78 is 27.9. The summed E-state index contributed by atoms with van der Waals surface area (Å²) >= 11 is 0. The van der Waals surface area contributed by atoms with E-state index in [2.05, 4.69) is 9.88 Å². The highest BCUT2D eigenvalue weighted by Gasteiger charge is 2.47. The minimum Gasteiger partial charge on any atom is -0.461 e. The molecule has 1 saturated heterocycles. The van der Waals surface area contributed by atoms with Crippen LogP contribution in [0.5, 0.6) is 0 Å². The van der Waals surface area contributed by atoms with Crippen molar-refractivity contribution in [2.45, 2.75) is 19.1 Å². The molecular weight excluding hydrogens is 226 g/mol. The summed E-state index contributed by atoms with van der Waals surface area (Å²) in [6, 6.07) is -1.34. The first-order chi connectivity index (χ1) is 6.72. The molecule has 1 amide bonds. The number of carbonyl (C=O) groups excluding carboxylic acids is 2. The van der Waals surface area contributed by atoms with Crippen molar-refractivity contribution in [2.75, 3.05) is 0 Å². The van der Waals surface area contributed by atoms with Gasteiger partial charge in [0.05, 0.1) is 0 Å². The number of ether oxygens (including phenoxy) is 1. The molecule has 5 N–H and O–H groups in total. The number of carbonyl (C=O) groups is 2. The van der Waals surface area contributed by atoms with Crippen LogP contribution in [0.2, 0.25) is 0 Å². The van der Waals surface area contributed by atoms with Crippen molar-refractivity contribution in [1.82, 2.24) is 4.72 Å². The minimum atomic E-state index is -4.09. The van der Waals surface area contributed by atoms with Crippen LogP contribution in [0, 0.1) is 5.92 Å². The molecule has 0 aromatic heterocycles. The fraction of sp³-hybridized carbons (Fsp3) is 0.667. The fourth-order valence-corrected chi connectivity index (χ4v) is 2.04. The number of cyclic esters (lactones) is 1. The van der Waals surface area contributed by atoms with Crippen LogP contribution in [0.4, 0.5) is 0 Å². The Bertz CT molecular complexity index is 392. The van der Waals surface area contributed by atoms with Gasteiger partial charge >= 0.3 is 5.97 Å². The average molecular weight is 237 g/mol. The Morgan fingerprint density at radius 2 is 2.07 bits per heavy atom. The number of rotatable bonds is 3. The predicted molar refractivity (Wildman–Crippen MR) is 48.3 cm³/mol. The summed E-state index contributed by atoms with van der Waals surface area (Å²) in [4.78, 5) is 22.1. The third-order valence-electron chi connectivity index (χ3n) is 2.04. The van der Waals surface area contributed by atoms with E-state index in [0.717, 1.165) is 0 Å². The van der Waals surface area contributed by atoms with Crippen LogP contribution in [0.25, 0.3) is 0 Å². The van der Waals surface area contributed by atoms with E-state index < -0.39 is 40.1 Å². The molecule has 1 aliphatic heterocycles. The Hall–Kier alpha value is -1.19. The topological polar surface area (TPSA) is 142 Å². The Kier molecular flexibility index (Phi) is 2.98. The maximum Gasteiger partial charge on any atom is 0.325 e. The number of nitrogens with one attached hydrogen (secondary N) is 1. The summed E-state index contributed by atoms with van der Waals surface area (Å²) in [5.74, 6) is -2.73. The summed E-state index contributed by atoms with van der Waals surface area (Å²) in [6.07, 6.45) is -0.769. The lowest BCUT2D eigenvalue weighted by Crippen LogP contribution is -2.49.